The number of aromatic nitrogens is 3. The second-order valence-corrected chi connectivity index (χ2v) is 4.92. The van der Waals surface area contributed by atoms with Crippen LogP contribution in [0.4, 0.5) is 0 Å². The zero-order valence-corrected chi connectivity index (χ0v) is 10.9. The van der Waals surface area contributed by atoms with E-state index in [2.05, 4.69) is 10.3 Å². The van der Waals surface area contributed by atoms with Crippen molar-refractivity contribution in [2.24, 2.45) is 0 Å². The van der Waals surface area contributed by atoms with Gasteiger partial charge in [0.15, 0.2) is 0 Å². The summed E-state index contributed by atoms with van der Waals surface area (Å²) in [4.78, 5) is 12.0. The first-order chi connectivity index (χ1) is 9.34. The molecule has 2 aromatic carbocycles. The van der Waals surface area contributed by atoms with E-state index in [9.17, 15) is 4.79 Å². The van der Waals surface area contributed by atoms with Crippen molar-refractivity contribution >= 4 is 27.9 Å². The maximum absolute atomic E-state index is 12.0. The Morgan fingerprint density at radius 1 is 1.05 bits per heavy atom. The predicted molar refractivity (Wildman–Crippen MR) is 75.9 cm³/mol. The van der Waals surface area contributed by atoms with Gasteiger partial charge in [0.05, 0.1) is 11.4 Å². The lowest BCUT2D eigenvalue weighted by Crippen LogP contribution is -2.01. The third-order valence-corrected chi connectivity index (χ3v) is 3.62. The SMILES string of the molecule is O=C(SCn1nnc2ccccc21)c1ccccc1. The lowest BCUT2D eigenvalue weighted by Gasteiger charge is -2.01. The van der Waals surface area contributed by atoms with E-state index in [1.165, 1.54) is 11.8 Å². The summed E-state index contributed by atoms with van der Waals surface area (Å²) < 4.78 is 1.74. The molecule has 19 heavy (non-hydrogen) atoms. The Morgan fingerprint density at radius 3 is 2.63 bits per heavy atom. The third kappa shape index (κ3) is 2.51. The fraction of sp³-hybridized carbons (Fsp3) is 0.0714. The van der Waals surface area contributed by atoms with Crippen LogP contribution in [0, 0.1) is 0 Å². The number of thioether (sulfide) groups is 1. The van der Waals surface area contributed by atoms with Gasteiger partial charge in [0, 0.05) is 5.56 Å². The molecule has 5 heteroatoms. The second-order valence-electron chi connectivity index (χ2n) is 4.00. The van der Waals surface area contributed by atoms with Gasteiger partial charge in [-0.05, 0) is 12.1 Å². The summed E-state index contributed by atoms with van der Waals surface area (Å²) in [5.74, 6) is 0.467. The number of benzene rings is 2. The van der Waals surface area contributed by atoms with Crippen LogP contribution < -0.4 is 0 Å². The molecule has 0 aliphatic carbocycles. The van der Waals surface area contributed by atoms with Crippen LogP contribution in [0.1, 0.15) is 10.4 Å². The quantitative estimate of drug-likeness (QED) is 0.733. The maximum Gasteiger partial charge on any atom is 0.221 e. The van der Waals surface area contributed by atoms with Crippen LogP contribution in [0.25, 0.3) is 11.0 Å². The van der Waals surface area contributed by atoms with Crippen LogP contribution in [-0.4, -0.2) is 20.1 Å². The van der Waals surface area contributed by atoms with E-state index in [4.69, 9.17) is 0 Å². The molecule has 0 saturated carbocycles. The standard InChI is InChI=1S/C14H11N3OS/c18-14(11-6-2-1-3-7-11)19-10-17-13-9-5-4-8-12(13)15-16-17/h1-9H,10H2. The second kappa shape index (κ2) is 5.24. The Labute approximate surface area is 114 Å². The Balaban J connectivity index is 1.75. The van der Waals surface area contributed by atoms with Gasteiger partial charge in [-0.2, -0.15) is 0 Å². The van der Waals surface area contributed by atoms with Gasteiger partial charge in [0.1, 0.15) is 5.52 Å². The molecule has 0 fully saturated rings. The minimum atomic E-state index is 0.0418. The lowest BCUT2D eigenvalue weighted by molar-refractivity contribution is 0.108. The number of para-hydroxylation sites is 1. The van der Waals surface area contributed by atoms with Crippen molar-refractivity contribution in [1.29, 1.82) is 0 Å². The van der Waals surface area contributed by atoms with Crippen molar-refractivity contribution in [3.8, 4) is 0 Å². The minimum Gasteiger partial charge on any atom is -0.282 e. The summed E-state index contributed by atoms with van der Waals surface area (Å²) >= 11 is 1.22. The molecule has 0 N–H and O–H groups in total. The van der Waals surface area contributed by atoms with Crippen molar-refractivity contribution in [2.75, 3.05) is 0 Å². The topological polar surface area (TPSA) is 47.8 Å². The highest BCUT2D eigenvalue weighted by atomic mass is 32.2. The van der Waals surface area contributed by atoms with Crippen LogP contribution in [-0.2, 0) is 5.88 Å². The fourth-order valence-electron chi connectivity index (χ4n) is 1.79. The van der Waals surface area contributed by atoms with Gasteiger partial charge in [-0.15, -0.1) is 5.10 Å². The number of fused-ring (bicyclic) bond motifs is 1. The molecule has 94 valence electrons. The highest BCUT2D eigenvalue weighted by Crippen LogP contribution is 2.17. The zero-order chi connectivity index (χ0) is 13.1. The van der Waals surface area contributed by atoms with Crippen molar-refractivity contribution in [3.63, 3.8) is 0 Å². The van der Waals surface area contributed by atoms with Crippen LogP contribution >= 0.6 is 11.8 Å². The highest BCUT2D eigenvalue weighted by Gasteiger charge is 2.08. The molecule has 0 spiro atoms. The van der Waals surface area contributed by atoms with Crippen LogP contribution in [0.2, 0.25) is 0 Å². The molecular weight excluding hydrogens is 258 g/mol. The van der Waals surface area contributed by atoms with Gasteiger partial charge in [-0.1, -0.05) is 59.4 Å². The normalized spacial score (nSPS) is 10.7. The Hall–Kier alpha value is -2.14. The molecule has 0 unspecified atom stereocenters. The largest absolute Gasteiger partial charge is 0.282 e. The van der Waals surface area contributed by atoms with Gasteiger partial charge < -0.3 is 0 Å². The number of rotatable bonds is 3. The monoisotopic (exact) mass is 269 g/mol. The van der Waals surface area contributed by atoms with E-state index >= 15 is 0 Å². The van der Waals surface area contributed by atoms with E-state index in [1.54, 1.807) is 4.68 Å². The van der Waals surface area contributed by atoms with Crippen molar-refractivity contribution in [3.05, 3.63) is 60.2 Å². The van der Waals surface area contributed by atoms with E-state index in [0.29, 0.717) is 11.4 Å². The first-order valence-corrected chi connectivity index (χ1v) is 6.83. The molecule has 1 aromatic heterocycles. The molecule has 0 aliphatic rings. The summed E-state index contributed by atoms with van der Waals surface area (Å²) in [6.45, 7) is 0. The van der Waals surface area contributed by atoms with E-state index < -0.39 is 0 Å². The Kier molecular flexibility index (Phi) is 3.29. The third-order valence-electron chi connectivity index (χ3n) is 2.75. The average Bonchev–Trinajstić information content (AvgIpc) is 2.89. The molecule has 0 amide bonds. The molecular formula is C14H11N3OS. The number of nitrogens with zero attached hydrogens (tertiary/aromatic N) is 3. The Bertz CT molecular complexity index is 709. The summed E-state index contributed by atoms with van der Waals surface area (Å²) in [5, 5.41) is 8.15. The number of hydrogen-bond donors (Lipinski definition) is 0. The van der Waals surface area contributed by atoms with Gasteiger partial charge in [0.2, 0.25) is 5.12 Å². The summed E-state index contributed by atoms with van der Waals surface area (Å²) in [6.07, 6.45) is 0. The number of carbonyl (C=O) groups excluding carboxylic acids is 1. The van der Waals surface area contributed by atoms with Gasteiger partial charge in [0.25, 0.3) is 0 Å². The lowest BCUT2D eigenvalue weighted by atomic mass is 10.2. The van der Waals surface area contributed by atoms with Crippen LogP contribution in [0.5, 0.6) is 0 Å². The fourth-order valence-corrected chi connectivity index (χ4v) is 2.52. The molecule has 3 rings (SSSR count). The smallest absolute Gasteiger partial charge is 0.221 e. The van der Waals surface area contributed by atoms with Crippen LogP contribution in [0.15, 0.2) is 54.6 Å². The Morgan fingerprint density at radius 2 is 1.79 bits per heavy atom. The first-order valence-electron chi connectivity index (χ1n) is 5.85. The van der Waals surface area contributed by atoms with Crippen LogP contribution in [0.3, 0.4) is 0 Å². The van der Waals surface area contributed by atoms with Gasteiger partial charge >= 0.3 is 0 Å². The number of carbonyl (C=O) groups is 1. The summed E-state index contributed by atoms with van der Waals surface area (Å²) in [6, 6.07) is 17.0. The van der Waals surface area contributed by atoms with Gasteiger partial charge in [-0.25, -0.2) is 4.68 Å². The van der Waals surface area contributed by atoms with E-state index in [0.717, 1.165) is 11.0 Å². The minimum absolute atomic E-state index is 0.0418. The molecule has 1 heterocycles. The van der Waals surface area contributed by atoms with E-state index in [-0.39, 0.29) is 5.12 Å². The maximum atomic E-state index is 12.0. The first kappa shape index (κ1) is 11.9. The summed E-state index contributed by atoms with van der Waals surface area (Å²) in [5.41, 5.74) is 2.49. The van der Waals surface area contributed by atoms with Gasteiger partial charge in [-0.3, -0.25) is 4.79 Å². The average molecular weight is 269 g/mol. The molecule has 0 atom stereocenters. The molecule has 0 bridgehead atoms. The predicted octanol–water partition coefficient (Wildman–Crippen LogP) is 2.96. The van der Waals surface area contributed by atoms with Crippen molar-refractivity contribution < 1.29 is 4.79 Å². The zero-order valence-electron chi connectivity index (χ0n) is 10.1. The molecule has 0 saturated heterocycles. The van der Waals surface area contributed by atoms with Crippen molar-refractivity contribution in [1.82, 2.24) is 15.0 Å². The molecule has 4 nitrogen and oxygen atoms in total. The highest BCUT2D eigenvalue weighted by molar-refractivity contribution is 8.13. The molecule has 0 aliphatic heterocycles. The number of hydrogen-bond acceptors (Lipinski definition) is 4. The van der Waals surface area contributed by atoms with E-state index in [1.807, 2.05) is 54.6 Å². The molecule has 3 aromatic rings. The van der Waals surface area contributed by atoms with Crippen molar-refractivity contribution in [2.45, 2.75) is 5.88 Å². The molecule has 0 radical (unpaired) electrons. The summed E-state index contributed by atoms with van der Waals surface area (Å²) in [7, 11) is 0.